The maximum absolute atomic E-state index is 6.40. The molecule has 4 atom stereocenters. The fourth-order valence-corrected chi connectivity index (χ4v) is 7.22. The van der Waals surface area contributed by atoms with Crippen molar-refractivity contribution in [1.29, 1.82) is 0 Å². The van der Waals surface area contributed by atoms with E-state index in [1.165, 1.54) is 64.2 Å². The summed E-state index contributed by atoms with van der Waals surface area (Å²) >= 11 is 0. The molecule has 2 saturated carbocycles. The van der Waals surface area contributed by atoms with Crippen LogP contribution in [0.25, 0.3) is 0 Å². The highest BCUT2D eigenvalue weighted by Crippen LogP contribution is 2.68. The zero-order chi connectivity index (χ0) is 15.1. The van der Waals surface area contributed by atoms with Crippen molar-refractivity contribution in [3.05, 3.63) is 0 Å². The zero-order valence-electron chi connectivity index (χ0n) is 14.8. The van der Waals surface area contributed by atoms with Gasteiger partial charge in [-0.15, -0.1) is 0 Å². The largest absolute Gasteiger partial charge is 0.375 e. The van der Waals surface area contributed by atoms with Gasteiger partial charge < -0.3 is 4.74 Å². The van der Waals surface area contributed by atoms with E-state index >= 15 is 0 Å². The number of ether oxygens (including phenoxy) is 1. The second-order valence-corrected chi connectivity index (χ2v) is 8.21. The van der Waals surface area contributed by atoms with Gasteiger partial charge in [-0.3, -0.25) is 0 Å². The third kappa shape index (κ3) is 1.98. The molecule has 0 aromatic rings. The van der Waals surface area contributed by atoms with E-state index in [-0.39, 0.29) is 5.60 Å². The second-order valence-electron chi connectivity index (χ2n) is 8.21. The highest BCUT2D eigenvalue weighted by Gasteiger charge is 2.63. The second kappa shape index (κ2) is 5.55. The molecule has 3 rings (SSSR count). The summed E-state index contributed by atoms with van der Waals surface area (Å²) in [5.74, 6) is 1.81. The fourth-order valence-electron chi connectivity index (χ4n) is 7.22. The summed E-state index contributed by atoms with van der Waals surface area (Å²) in [7, 11) is 0. The van der Waals surface area contributed by atoms with Crippen molar-refractivity contribution in [2.75, 3.05) is 6.61 Å². The maximum atomic E-state index is 6.40. The lowest BCUT2D eigenvalue weighted by atomic mass is 9.42. The number of fused-ring (bicyclic) bond motifs is 3. The first-order valence-electron chi connectivity index (χ1n) is 9.77. The Labute approximate surface area is 132 Å². The molecule has 0 aromatic carbocycles. The molecule has 0 radical (unpaired) electrons. The molecule has 0 amide bonds. The Morgan fingerprint density at radius 1 is 0.810 bits per heavy atom. The summed E-state index contributed by atoms with van der Waals surface area (Å²) < 4.78 is 6.40. The van der Waals surface area contributed by atoms with Crippen LogP contribution in [0.15, 0.2) is 0 Å². The standard InChI is InChI=1S/C20H36O/c1-5-18(6-2)12-9-13-19(7-3)16(18)10-14-20(8-4)17(19)11-15-21-20/h16-17H,5-15H2,1-4H3/t16-,17+,19-,20+/m0/s1. The van der Waals surface area contributed by atoms with E-state index in [4.69, 9.17) is 4.74 Å². The van der Waals surface area contributed by atoms with E-state index < -0.39 is 0 Å². The van der Waals surface area contributed by atoms with Gasteiger partial charge in [0.2, 0.25) is 0 Å². The Kier molecular flexibility index (Phi) is 4.19. The molecular formula is C20H36O. The molecule has 1 heteroatoms. The Hall–Kier alpha value is -0.0400. The summed E-state index contributed by atoms with van der Waals surface area (Å²) in [6, 6.07) is 0. The van der Waals surface area contributed by atoms with Gasteiger partial charge in [0.1, 0.15) is 0 Å². The Morgan fingerprint density at radius 2 is 1.57 bits per heavy atom. The normalized spacial score (nSPS) is 45.1. The summed E-state index contributed by atoms with van der Waals surface area (Å²) in [5, 5.41) is 0. The van der Waals surface area contributed by atoms with Crippen molar-refractivity contribution in [2.45, 2.75) is 97.5 Å². The van der Waals surface area contributed by atoms with Crippen molar-refractivity contribution in [2.24, 2.45) is 22.7 Å². The van der Waals surface area contributed by atoms with Gasteiger partial charge in [-0.05, 0) is 67.6 Å². The fraction of sp³-hybridized carbons (Fsp3) is 1.00. The number of hydrogen-bond donors (Lipinski definition) is 0. The SMILES string of the molecule is CCC1(CC)CCC[C@@]2(CC)[C@H]1CC[C@@]1(CC)OCC[C@@H]12. The van der Waals surface area contributed by atoms with Gasteiger partial charge in [0.05, 0.1) is 5.60 Å². The maximum Gasteiger partial charge on any atom is 0.0714 e. The van der Waals surface area contributed by atoms with Gasteiger partial charge in [0.15, 0.2) is 0 Å². The van der Waals surface area contributed by atoms with Gasteiger partial charge in [-0.1, -0.05) is 47.0 Å². The van der Waals surface area contributed by atoms with Crippen LogP contribution < -0.4 is 0 Å². The molecule has 0 unspecified atom stereocenters. The minimum absolute atomic E-state index is 0.247. The Morgan fingerprint density at radius 3 is 2.19 bits per heavy atom. The van der Waals surface area contributed by atoms with Gasteiger partial charge >= 0.3 is 0 Å². The molecule has 1 aliphatic heterocycles. The molecule has 1 saturated heterocycles. The third-order valence-corrected chi connectivity index (χ3v) is 8.40. The van der Waals surface area contributed by atoms with Crippen molar-refractivity contribution in [1.82, 2.24) is 0 Å². The van der Waals surface area contributed by atoms with Crippen LogP contribution in [-0.4, -0.2) is 12.2 Å². The van der Waals surface area contributed by atoms with E-state index in [2.05, 4.69) is 27.7 Å². The van der Waals surface area contributed by atoms with Gasteiger partial charge in [0.25, 0.3) is 0 Å². The molecule has 3 aliphatic rings. The van der Waals surface area contributed by atoms with Crippen LogP contribution in [-0.2, 0) is 4.74 Å². The molecule has 3 fully saturated rings. The van der Waals surface area contributed by atoms with E-state index in [0.29, 0.717) is 10.8 Å². The predicted octanol–water partition coefficient (Wildman–Crippen LogP) is 5.97. The van der Waals surface area contributed by atoms with Crippen LogP contribution in [0, 0.1) is 22.7 Å². The van der Waals surface area contributed by atoms with Crippen LogP contribution >= 0.6 is 0 Å². The highest BCUT2D eigenvalue weighted by atomic mass is 16.5. The Balaban J connectivity index is 2.03. The minimum Gasteiger partial charge on any atom is -0.375 e. The molecule has 1 heterocycles. The van der Waals surface area contributed by atoms with Crippen LogP contribution in [0.1, 0.15) is 91.9 Å². The van der Waals surface area contributed by atoms with Crippen molar-refractivity contribution >= 4 is 0 Å². The average Bonchev–Trinajstić information content (AvgIpc) is 2.99. The quantitative estimate of drug-likeness (QED) is 0.620. The van der Waals surface area contributed by atoms with E-state index in [1.54, 1.807) is 0 Å². The molecule has 0 N–H and O–H groups in total. The number of hydrogen-bond acceptors (Lipinski definition) is 1. The molecule has 1 nitrogen and oxygen atoms in total. The topological polar surface area (TPSA) is 9.23 Å². The summed E-state index contributed by atoms with van der Waals surface area (Å²) in [4.78, 5) is 0. The minimum atomic E-state index is 0.247. The van der Waals surface area contributed by atoms with E-state index in [9.17, 15) is 0 Å². The van der Waals surface area contributed by atoms with Crippen LogP contribution in [0.4, 0.5) is 0 Å². The van der Waals surface area contributed by atoms with Crippen LogP contribution in [0.2, 0.25) is 0 Å². The molecular weight excluding hydrogens is 256 g/mol. The first kappa shape index (κ1) is 15.8. The summed E-state index contributed by atoms with van der Waals surface area (Å²) in [6.45, 7) is 10.8. The summed E-state index contributed by atoms with van der Waals surface area (Å²) in [6.07, 6.45) is 13.9. The molecule has 0 aromatic heterocycles. The first-order valence-corrected chi connectivity index (χ1v) is 9.77. The number of rotatable bonds is 4. The molecule has 2 aliphatic carbocycles. The monoisotopic (exact) mass is 292 g/mol. The van der Waals surface area contributed by atoms with Crippen LogP contribution in [0.3, 0.4) is 0 Å². The predicted molar refractivity (Wildman–Crippen MR) is 89.4 cm³/mol. The van der Waals surface area contributed by atoms with Crippen molar-refractivity contribution in [3.8, 4) is 0 Å². The molecule has 21 heavy (non-hydrogen) atoms. The zero-order valence-corrected chi connectivity index (χ0v) is 14.8. The molecule has 122 valence electrons. The van der Waals surface area contributed by atoms with Crippen LogP contribution in [0.5, 0.6) is 0 Å². The average molecular weight is 293 g/mol. The highest BCUT2D eigenvalue weighted by molar-refractivity contribution is 5.12. The lowest BCUT2D eigenvalue weighted by Crippen LogP contribution is -2.58. The molecule has 0 spiro atoms. The van der Waals surface area contributed by atoms with Crippen molar-refractivity contribution < 1.29 is 4.74 Å². The van der Waals surface area contributed by atoms with Crippen molar-refractivity contribution in [3.63, 3.8) is 0 Å². The first-order chi connectivity index (χ1) is 10.1. The lowest BCUT2D eigenvalue weighted by Gasteiger charge is -2.63. The Bertz CT molecular complexity index is 372. The summed E-state index contributed by atoms with van der Waals surface area (Å²) in [5.41, 5.74) is 1.48. The van der Waals surface area contributed by atoms with E-state index in [1.807, 2.05) is 0 Å². The lowest BCUT2D eigenvalue weighted by molar-refractivity contribution is -0.174. The van der Waals surface area contributed by atoms with Gasteiger partial charge in [-0.25, -0.2) is 0 Å². The van der Waals surface area contributed by atoms with Gasteiger partial charge in [0, 0.05) is 6.61 Å². The molecule has 0 bridgehead atoms. The van der Waals surface area contributed by atoms with Gasteiger partial charge in [-0.2, -0.15) is 0 Å². The third-order valence-electron chi connectivity index (χ3n) is 8.40. The van der Waals surface area contributed by atoms with E-state index in [0.717, 1.165) is 18.4 Å². The smallest absolute Gasteiger partial charge is 0.0714 e.